The largest absolute Gasteiger partial charge is 0.446 e. The summed E-state index contributed by atoms with van der Waals surface area (Å²) in [5.41, 5.74) is 6.61. The molecule has 3 heterocycles. The molecule has 7 unspecified atom stereocenters. The van der Waals surface area contributed by atoms with Crippen LogP contribution < -0.4 is 11.1 Å². The first-order chi connectivity index (χ1) is 22.8. The first kappa shape index (κ1) is 34.4. The first-order valence-electron chi connectivity index (χ1n) is 19.6. The van der Waals surface area contributed by atoms with Crippen LogP contribution in [0.5, 0.6) is 0 Å². The first-order valence-corrected chi connectivity index (χ1v) is 19.6. The van der Waals surface area contributed by atoms with Crippen molar-refractivity contribution in [2.24, 2.45) is 62.9 Å². The number of carbonyl (C=O) groups is 3. The molecule has 8 aliphatic rings. The van der Waals surface area contributed by atoms with Crippen molar-refractivity contribution in [1.29, 1.82) is 0 Å². The van der Waals surface area contributed by atoms with Crippen molar-refractivity contribution in [3.05, 3.63) is 0 Å². The molecule has 0 aromatic carbocycles. The molecule has 3 N–H and O–H groups in total. The Kier molecular flexibility index (Phi) is 8.84. The smallest absolute Gasteiger partial charge is 0.410 e. The molecule has 0 radical (unpaired) electrons. The van der Waals surface area contributed by atoms with Gasteiger partial charge in [-0.2, -0.15) is 0 Å². The Hall–Kier alpha value is -2.03. The highest BCUT2D eigenvalue weighted by molar-refractivity contribution is 5.76. The molecule has 0 aromatic rings. The van der Waals surface area contributed by atoms with Gasteiger partial charge in [-0.15, -0.1) is 0 Å². The number of fused-ring (bicyclic) bond motifs is 4. The van der Waals surface area contributed by atoms with Crippen LogP contribution >= 0.6 is 0 Å². The third kappa shape index (κ3) is 5.12. The molecule has 9 nitrogen and oxygen atoms in total. The Morgan fingerprint density at radius 1 is 0.938 bits per heavy atom. The molecular formula is C39H63N3O6. The third-order valence-electron chi connectivity index (χ3n) is 16.0. The van der Waals surface area contributed by atoms with Gasteiger partial charge in [0.1, 0.15) is 12.2 Å². The van der Waals surface area contributed by atoms with E-state index in [1.54, 1.807) is 0 Å². The van der Waals surface area contributed by atoms with Crippen molar-refractivity contribution < 1.29 is 28.6 Å². The maximum absolute atomic E-state index is 12.7. The summed E-state index contributed by atoms with van der Waals surface area (Å²) in [6, 6.07) is 0. The van der Waals surface area contributed by atoms with Crippen LogP contribution in [0, 0.1) is 57.2 Å². The van der Waals surface area contributed by atoms with Crippen molar-refractivity contribution in [3.8, 4) is 0 Å². The zero-order chi connectivity index (χ0) is 34.2. The lowest BCUT2D eigenvalue weighted by molar-refractivity contribution is -0.150. The Balaban J connectivity index is 0.000000465. The van der Waals surface area contributed by atoms with Crippen molar-refractivity contribution in [3.63, 3.8) is 0 Å². The number of rotatable bonds is 4. The number of hydrogen-bond acceptors (Lipinski definition) is 6. The van der Waals surface area contributed by atoms with Crippen LogP contribution in [0.15, 0.2) is 0 Å². The number of primary amides is 1. The number of amides is 3. The summed E-state index contributed by atoms with van der Waals surface area (Å²) in [6.45, 7) is 16.7. The van der Waals surface area contributed by atoms with Gasteiger partial charge in [0.05, 0.1) is 12.2 Å². The molecule has 3 saturated heterocycles. The average Bonchev–Trinajstić information content (AvgIpc) is 3.38. The standard InChI is InChI=1S/C34H54N2O5.C5H9NO/c1-19(2)28(41-30(38)36-16-7-17-36)24-10-8-22-25(39-24)18-23-21-9-11-26-31(4,5)27(40-29(35)37)12-13-34(26)20(3)33(21,34)15-14-32(22,23)6;7-5-3-1-2-4-6-5/h19-28H,7-18H2,1-6H3,(H2,35,37);1-4H2,(H,6,7)/t20-,21?,22?,23?,24?,25?,26?,27-,28+,32+,33-,34?;/m0./s1. The van der Waals surface area contributed by atoms with E-state index in [1.165, 1.54) is 44.9 Å². The zero-order valence-corrected chi connectivity index (χ0v) is 30.6. The number of likely N-dealkylation sites (tertiary alicyclic amines) is 1. The fourth-order valence-electron chi connectivity index (χ4n) is 13.7. The van der Waals surface area contributed by atoms with E-state index in [0.29, 0.717) is 34.0 Å². The topological polar surface area (TPSA) is 120 Å². The van der Waals surface area contributed by atoms with Crippen molar-refractivity contribution in [2.45, 2.75) is 149 Å². The van der Waals surface area contributed by atoms with Gasteiger partial charge < -0.3 is 30.2 Å². The summed E-state index contributed by atoms with van der Waals surface area (Å²) in [6.07, 6.45) is 13.9. The van der Waals surface area contributed by atoms with E-state index in [1.807, 2.05) is 4.90 Å². The second-order valence-electron chi connectivity index (χ2n) is 18.3. The Bertz CT molecular complexity index is 1260. The molecule has 48 heavy (non-hydrogen) atoms. The van der Waals surface area contributed by atoms with Gasteiger partial charge in [-0.05, 0) is 129 Å². The quantitative estimate of drug-likeness (QED) is 0.331. The van der Waals surface area contributed by atoms with Crippen molar-refractivity contribution in [2.75, 3.05) is 19.6 Å². The van der Waals surface area contributed by atoms with E-state index >= 15 is 0 Å². The lowest BCUT2D eigenvalue weighted by atomic mass is 9.46. The number of hydrogen-bond donors (Lipinski definition) is 2. The number of nitrogens with zero attached hydrogens (tertiary/aromatic N) is 1. The van der Waals surface area contributed by atoms with Gasteiger partial charge in [-0.25, -0.2) is 9.59 Å². The van der Waals surface area contributed by atoms with E-state index in [2.05, 4.69) is 46.9 Å². The highest BCUT2D eigenvalue weighted by Crippen LogP contribution is 2.89. The molecule has 8 rings (SSSR count). The van der Waals surface area contributed by atoms with Crippen molar-refractivity contribution >= 4 is 18.1 Å². The number of carbonyl (C=O) groups excluding carboxylic acids is 3. The van der Waals surface area contributed by atoms with Gasteiger partial charge >= 0.3 is 12.2 Å². The minimum absolute atomic E-state index is 0.00227. The molecule has 5 aliphatic carbocycles. The van der Waals surface area contributed by atoms with E-state index in [0.717, 1.165) is 70.0 Å². The van der Waals surface area contributed by atoms with Crippen LogP contribution in [-0.4, -0.2) is 67.0 Å². The SMILES string of the molecule is CC(C)[C@@H](OC(=O)N1CCC1)C1CCC2C(CC3C4CCC5C(C)(C)[C@@H](OC(N)=O)CCC56[C@@H](C)[C@@]46CC[C@]23C)O1.O=C1CCCCN1. The Morgan fingerprint density at radius 2 is 1.69 bits per heavy atom. The maximum atomic E-state index is 12.7. The van der Waals surface area contributed by atoms with Gasteiger partial charge in [0.25, 0.3) is 0 Å². The number of ether oxygens (including phenoxy) is 3. The molecule has 0 bridgehead atoms. The molecule has 0 aromatic heterocycles. The molecular weight excluding hydrogens is 606 g/mol. The van der Waals surface area contributed by atoms with Crippen LogP contribution in [-0.2, 0) is 19.0 Å². The summed E-state index contributed by atoms with van der Waals surface area (Å²) in [5, 5.41) is 2.74. The molecule has 270 valence electrons. The van der Waals surface area contributed by atoms with E-state index in [4.69, 9.17) is 19.9 Å². The molecule has 12 atom stereocenters. The Labute approximate surface area is 288 Å². The predicted molar refractivity (Wildman–Crippen MR) is 183 cm³/mol. The number of piperidine rings is 1. The molecule has 3 aliphatic heterocycles. The summed E-state index contributed by atoms with van der Waals surface area (Å²) < 4.78 is 18.8. The Morgan fingerprint density at radius 3 is 2.29 bits per heavy atom. The maximum Gasteiger partial charge on any atom is 0.410 e. The second kappa shape index (κ2) is 12.3. The lowest BCUT2D eigenvalue weighted by Crippen LogP contribution is -2.55. The highest BCUT2D eigenvalue weighted by atomic mass is 16.6. The minimum atomic E-state index is -0.624. The van der Waals surface area contributed by atoms with Gasteiger partial charge in [-0.1, -0.05) is 41.5 Å². The number of nitrogens with two attached hydrogens (primary N) is 1. The fourth-order valence-corrected chi connectivity index (χ4v) is 13.7. The molecule has 2 spiro atoms. The van der Waals surface area contributed by atoms with Crippen molar-refractivity contribution in [1.82, 2.24) is 10.2 Å². The van der Waals surface area contributed by atoms with Gasteiger partial charge in [0.15, 0.2) is 0 Å². The van der Waals surface area contributed by atoms with E-state index in [-0.39, 0.29) is 47.7 Å². The van der Waals surface area contributed by atoms with E-state index < -0.39 is 6.09 Å². The summed E-state index contributed by atoms with van der Waals surface area (Å²) >= 11 is 0. The summed E-state index contributed by atoms with van der Waals surface area (Å²) in [5.74, 6) is 3.84. The summed E-state index contributed by atoms with van der Waals surface area (Å²) in [7, 11) is 0. The van der Waals surface area contributed by atoms with Gasteiger partial charge in [0, 0.05) is 31.5 Å². The van der Waals surface area contributed by atoms with Crippen LogP contribution in [0.4, 0.5) is 9.59 Å². The van der Waals surface area contributed by atoms with Crippen LogP contribution in [0.1, 0.15) is 125 Å². The van der Waals surface area contributed by atoms with E-state index in [9.17, 15) is 14.4 Å². The fraction of sp³-hybridized carbons (Fsp3) is 0.923. The van der Waals surface area contributed by atoms with Crippen LogP contribution in [0.25, 0.3) is 0 Å². The van der Waals surface area contributed by atoms with Gasteiger partial charge in [-0.3, -0.25) is 4.79 Å². The molecule has 8 fully saturated rings. The molecule has 3 amide bonds. The average molecular weight is 670 g/mol. The minimum Gasteiger partial charge on any atom is -0.446 e. The van der Waals surface area contributed by atoms with Crippen LogP contribution in [0.3, 0.4) is 0 Å². The third-order valence-corrected chi connectivity index (χ3v) is 16.0. The molecule has 9 heteroatoms. The zero-order valence-electron chi connectivity index (χ0n) is 30.6. The second-order valence-corrected chi connectivity index (χ2v) is 18.3. The normalized spacial score (nSPS) is 45.6. The summed E-state index contributed by atoms with van der Waals surface area (Å²) in [4.78, 5) is 36.7. The molecule has 5 saturated carbocycles. The van der Waals surface area contributed by atoms with Gasteiger partial charge in [0.2, 0.25) is 5.91 Å². The highest BCUT2D eigenvalue weighted by Gasteiger charge is 2.84. The lowest BCUT2D eigenvalue weighted by Gasteiger charge is -2.59. The van der Waals surface area contributed by atoms with Crippen LogP contribution in [0.2, 0.25) is 0 Å². The number of nitrogens with one attached hydrogen (secondary N) is 1. The predicted octanol–water partition coefficient (Wildman–Crippen LogP) is 7.06. The monoisotopic (exact) mass is 669 g/mol.